The predicted molar refractivity (Wildman–Crippen MR) is 78.1 cm³/mol. The van der Waals surface area contributed by atoms with Crippen molar-refractivity contribution in [2.24, 2.45) is 16.7 Å². The van der Waals surface area contributed by atoms with Crippen molar-refractivity contribution in [2.45, 2.75) is 72.1 Å². The van der Waals surface area contributed by atoms with Gasteiger partial charge in [-0.2, -0.15) is 0 Å². The Labute approximate surface area is 118 Å². The highest BCUT2D eigenvalue weighted by molar-refractivity contribution is 5.09. The molecular formula is C16H31NO2. The molecule has 2 saturated carbocycles. The molecule has 112 valence electrons. The third-order valence-corrected chi connectivity index (χ3v) is 5.35. The van der Waals surface area contributed by atoms with Crippen LogP contribution in [-0.4, -0.2) is 36.5 Å². The normalized spacial score (nSPS) is 38.1. The standard InChI is InChI=1S/C16H31NO2/c1-11(2)17-9-13(18)10-19-14-15(3,4)12-6-7-16(14,5)8-12/h11-14,17-18H,6-10H2,1-5H3/t12-,13+,14+,16-/m0/s1. The molecule has 2 fully saturated rings. The average Bonchev–Trinajstić information content (AvgIpc) is 2.77. The van der Waals surface area contributed by atoms with Gasteiger partial charge in [0.15, 0.2) is 0 Å². The zero-order valence-corrected chi connectivity index (χ0v) is 13.2. The summed E-state index contributed by atoms with van der Waals surface area (Å²) < 4.78 is 6.16. The average molecular weight is 269 g/mol. The van der Waals surface area contributed by atoms with Crippen molar-refractivity contribution in [3.05, 3.63) is 0 Å². The second-order valence-electron chi connectivity index (χ2n) is 7.85. The van der Waals surface area contributed by atoms with E-state index in [2.05, 4.69) is 39.9 Å². The molecule has 0 aromatic carbocycles. The fourth-order valence-corrected chi connectivity index (χ4v) is 4.31. The molecule has 19 heavy (non-hydrogen) atoms. The smallest absolute Gasteiger partial charge is 0.0897 e. The molecule has 4 atom stereocenters. The van der Waals surface area contributed by atoms with E-state index in [1.165, 1.54) is 19.3 Å². The SMILES string of the molecule is CC(C)NC[C@@H](O)CO[C@@H]1C(C)(C)[C@H]2CC[C@@]1(C)C2. The molecule has 2 aliphatic carbocycles. The summed E-state index contributed by atoms with van der Waals surface area (Å²) in [7, 11) is 0. The molecule has 0 aromatic heterocycles. The summed E-state index contributed by atoms with van der Waals surface area (Å²) in [6.45, 7) is 12.3. The summed E-state index contributed by atoms with van der Waals surface area (Å²) in [5.41, 5.74) is 0.595. The number of hydrogen-bond acceptors (Lipinski definition) is 3. The van der Waals surface area contributed by atoms with Gasteiger partial charge in [0.25, 0.3) is 0 Å². The van der Waals surface area contributed by atoms with Crippen molar-refractivity contribution < 1.29 is 9.84 Å². The number of aliphatic hydroxyl groups is 1. The van der Waals surface area contributed by atoms with Crippen LogP contribution in [0.25, 0.3) is 0 Å². The van der Waals surface area contributed by atoms with E-state index in [4.69, 9.17) is 4.74 Å². The lowest BCUT2D eigenvalue weighted by atomic mass is 9.70. The van der Waals surface area contributed by atoms with Crippen LogP contribution in [0, 0.1) is 16.7 Å². The molecule has 0 amide bonds. The van der Waals surface area contributed by atoms with Crippen LogP contribution >= 0.6 is 0 Å². The van der Waals surface area contributed by atoms with Crippen LogP contribution in [0.5, 0.6) is 0 Å². The van der Waals surface area contributed by atoms with Gasteiger partial charge in [0.1, 0.15) is 0 Å². The number of hydrogen-bond donors (Lipinski definition) is 2. The maximum Gasteiger partial charge on any atom is 0.0897 e. The first-order valence-electron chi connectivity index (χ1n) is 7.79. The molecule has 2 bridgehead atoms. The molecule has 0 heterocycles. The van der Waals surface area contributed by atoms with Crippen LogP contribution in [0.4, 0.5) is 0 Å². The van der Waals surface area contributed by atoms with Crippen LogP contribution < -0.4 is 5.32 Å². The Morgan fingerprint density at radius 1 is 1.32 bits per heavy atom. The molecule has 2 aliphatic rings. The van der Waals surface area contributed by atoms with Gasteiger partial charge >= 0.3 is 0 Å². The second kappa shape index (κ2) is 5.34. The number of fused-ring (bicyclic) bond motifs is 2. The fourth-order valence-electron chi connectivity index (χ4n) is 4.31. The Balaban J connectivity index is 1.85. The largest absolute Gasteiger partial charge is 0.389 e. The lowest BCUT2D eigenvalue weighted by Crippen LogP contribution is -2.44. The lowest BCUT2D eigenvalue weighted by molar-refractivity contribution is -0.110. The predicted octanol–water partition coefficient (Wildman–Crippen LogP) is 2.58. The molecule has 3 heteroatoms. The molecular weight excluding hydrogens is 238 g/mol. The molecule has 0 saturated heterocycles. The summed E-state index contributed by atoms with van der Waals surface area (Å²) in [6.07, 6.45) is 3.83. The monoisotopic (exact) mass is 269 g/mol. The zero-order valence-electron chi connectivity index (χ0n) is 13.2. The Bertz CT molecular complexity index is 311. The van der Waals surface area contributed by atoms with Gasteiger partial charge in [0.2, 0.25) is 0 Å². The van der Waals surface area contributed by atoms with Gasteiger partial charge in [-0.15, -0.1) is 0 Å². The minimum Gasteiger partial charge on any atom is -0.389 e. The van der Waals surface area contributed by atoms with Crippen molar-refractivity contribution in [1.29, 1.82) is 0 Å². The first-order chi connectivity index (χ1) is 8.75. The molecule has 2 rings (SSSR count). The molecule has 3 nitrogen and oxygen atoms in total. The highest BCUT2D eigenvalue weighted by atomic mass is 16.5. The third-order valence-electron chi connectivity index (χ3n) is 5.35. The van der Waals surface area contributed by atoms with Gasteiger partial charge in [-0.25, -0.2) is 0 Å². The summed E-state index contributed by atoms with van der Waals surface area (Å²) in [5.74, 6) is 0.799. The van der Waals surface area contributed by atoms with Gasteiger partial charge in [-0.1, -0.05) is 34.6 Å². The molecule has 2 N–H and O–H groups in total. The number of ether oxygens (including phenoxy) is 1. The topological polar surface area (TPSA) is 41.5 Å². The van der Waals surface area contributed by atoms with E-state index in [9.17, 15) is 5.11 Å². The Hall–Kier alpha value is -0.120. The summed E-state index contributed by atoms with van der Waals surface area (Å²) >= 11 is 0. The number of aliphatic hydroxyl groups excluding tert-OH is 1. The van der Waals surface area contributed by atoms with Gasteiger partial charge < -0.3 is 15.2 Å². The van der Waals surface area contributed by atoms with Gasteiger partial charge in [0, 0.05) is 12.6 Å². The summed E-state index contributed by atoms with van der Waals surface area (Å²) in [5, 5.41) is 13.3. The molecule has 0 spiro atoms. The molecule has 0 unspecified atom stereocenters. The minimum atomic E-state index is -0.402. The summed E-state index contributed by atoms with van der Waals surface area (Å²) in [4.78, 5) is 0. The van der Waals surface area contributed by atoms with Gasteiger partial charge in [0.05, 0.1) is 18.8 Å². The zero-order chi connectivity index (χ0) is 14.3. The van der Waals surface area contributed by atoms with E-state index in [0.717, 1.165) is 5.92 Å². The fraction of sp³-hybridized carbons (Fsp3) is 1.00. The second-order valence-corrected chi connectivity index (χ2v) is 7.85. The Morgan fingerprint density at radius 3 is 2.53 bits per heavy atom. The summed E-state index contributed by atoms with van der Waals surface area (Å²) in [6, 6.07) is 0.408. The van der Waals surface area contributed by atoms with E-state index < -0.39 is 6.10 Å². The number of rotatable bonds is 6. The highest BCUT2D eigenvalue weighted by Crippen LogP contribution is 2.63. The van der Waals surface area contributed by atoms with Crippen molar-refractivity contribution in [3.63, 3.8) is 0 Å². The molecule has 0 aliphatic heterocycles. The maximum atomic E-state index is 10.00. The van der Waals surface area contributed by atoms with Crippen molar-refractivity contribution in [3.8, 4) is 0 Å². The molecule has 0 radical (unpaired) electrons. The highest BCUT2D eigenvalue weighted by Gasteiger charge is 2.60. The van der Waals surface area contributed by atoms with E-state index >= 15 is 0 Å². The van der Waals surface area contributed by atoms with Gasteiger partial charge in [-0.05, 0) is 36.0 Å². The van der Waals surface area contributed by atoms with Crippen molar-refractivity contribution in [2.75, 3.05) is 13.2 Å². The Kier molecular flexibility index (Phi) is 4.29. The minimum absolute atomic E-state index is 0.262. The van der Waals surface area contributed by atoms with Crippen LogP contribution in [-0.2, 0) is 4.74 Å². The first-order valence-corrected chi connectivity index (χ1v) is 7.79. The van der Waals surface area contributed by atoms with E-state index in [1.54, 1.807) is 0 Å². The van der Waals surface area contributed by atoms with E-state index in [1.807, 2.05) is 0 Å². The third kappa shape index (κ3) is 2.98. The van der Waals surface area contributed by atoms with Crippen LogP contribution in [0.15, 0.2) is 0 Å². The van der Waals surface area contributed by atoms with Gasteiger partial charge in [-0.3, -0.25) is 0 Å². The number of nitrogens with one attached hydrogen (secondary N) is 1. The quantitative estimate of drug-likeness (QED) is 0.779. The molecule has 0 aromatic rings. The Morgan fingerprint density at radius 2 is 2.00 bits per heavy atom. The van der Waals surface area contributed by atoms with E-state index in [0.29, 0.717) is 30.7 Å². The van der Waals surface area contributed by atoms with Crippen molar-refractivity contribution in [1.82, 2.24) is 5.32 Å². The van der Waals surface area contributed by atoms with E-state index in [-0.39, 0.29) is 5.41 Å². The first kappa shape index (κ1) is 15.3. The van der Waals surface area contributed by atoms with Crippen molar-refractivity contribution >= 4 is 0 Å². The lowest BCUT2D eigenvalue weighted by Gasteiger charge is -2.42. The van der Waals surface area contributed by atoms with Crippen LogP contribution in [0.2, 0.25) is 0 Å². The maximum absolute atomic E-state index is 10.00. The van der Waals surface area contributed by atoms with Crippen LogP contribution in [0.3, 0.4) is 0 Å². The van der Waals surface area contributed by atoms with Crippen LogP contribution in [0.1, 0.15) is 53.9 Å².